The second-order valence-electron chi connectivity index (χ2n) is 12.2. The summed E-state index contributed by atoms with van der Waals surface area (Å²) in [4.78, 5) is 54.4. The number of alkyl carbamates (subject to hydrolysis) is 1. The van der Waals surface area contributed by atoms with Gasteiger partial charge in [-0.2, -0.15) is 0 Å². The topological polar surface area (TPSA) is 151 Å². The molecule has 3 N–H and O–H groups in total. The van der Waals surface area contributed by atoms with Gasteiger partial charge in [-0.25, -0.2) is 22.3 Å². The van der Waals surface area contributed by atoms with Crippen molar-refractivity contribution in [3.63, 3.8) is 0 Å². The number of sulfonamides is 1. The standard InChI is InChI=1S/C30H39FN4O7S/c1-29(2,3)42-28(39)32-23-15-9-7-5-4-6-8-12-20-19-30(20,33-25(36)24-16-11-17-35(24)26(23)37)27(38)34-43(40,41)22-14-10-13-21(31)18-22/h6,10,12-14,18,20,23-24H,4-5,7,9,11,15-17,19H2,1-3H3,(H,32,39)(H,33,36)(H,34,38)/t8?,20-,23+,24+,30-/m1/s1. The van der Waals surface area contributed by atoms with Crippen molar-refractivity contribution in [3.8, 4) is 0 Å². The summed E-state index contributed by atoms with van der Waals surface area (Å²) in [5.74, 6) is -3.32. The molecule has 1 saturated heterocycles. The lowest BCUT2D eigenvalue weighted by Crippen LogP contribution is -2.58. The molecule has 234 valence electrons. The molecule has 4 atom stereocenters. The lowest BCUT2D eigenvalue weighted by Gasteiger charge is -2.30. The molecule has 11 nitrogen and oxygen atoms in total. The zero-order valence-corrected chi connectivity index (χ0v) is 25.5. The molecule has 2 heterocycles. The van der Waals surface area contributed by atoms with Crippen LogP contribution in [0.25, 0.3) is 0 Å². The Bertz CT molecular complexity index is 1430. The van der Waals surface area contributed by atoms with E-state index in [1.165, 1.54) is 11.0 Å². The van der Waals surface area contributed by atoms with Gasteiger partial charge < -0.3 is 20.3 Å². The van der Waals surface area contributed by atoms with Crippen molar-refractivity contribution in [1.29, 1.82) is 0 Å². The fraction of sp³-hybridized carbons (Fsp3) is 0.567. The number of halogens is 1. The first-order chi connectivity index (χ1) is 20.2. The van der Waals surface area contributed by atoms with E-state index < -0.39 is 73.7 Å². The molecule has 0 radical (unpaired) electrons. The van der Waals surface area contributed by atoms with Gasteiger partial charge in [-0.15, -0.1) is 5.73 Å². The Balaban J connectivity index is 1.59. The maximum absolute atomic E-state index is 13.7. The molecule has 2 fully saturated rings. The number of hydrogen-bond acceptors (Lipinski definition) is 7. The van der Waals surface area contributed by atoms with Crippen LogP contribution in [0.3, 0.4) is 0 Å². The van der Waals surface area contributed by atoms with Gasteiger partial charge in [0.1, 0.15) is 29.0 Å². The minimum absolute atomic E-state index is 0.119. The molecule has 43 heavy (non-hydrogen) atoms. The fourth-order valence-corrected chi connectivity index (χ4v) is 6.48. The number of benzene rings is 1. The van der Waals surface area contributed by atoms with E-state index in [1.54, 1.807) is 32.9 Å². The molecule has 2 aliphatic heterocycles. The van der Waals surface area contributed by atoms with E-state index in [2.05, 4.69) is 16.4 Å². The predicted octanol–water partition coefficient (Wildman–Crippen LogP) is 3.07. The van der Waals surface area contributed by atoms with Crippen LogP contribution in [0.4, 0.5) is 9.18 Å². The number of carbonyl (C=O) groups is 4. The van der Waals surface area contributed by atoms with E-state index in [9.17, 15) is 32.0 Å². The van der Waals surface area contributed by atoms with Gasteiger partial charge in [-0.1, -0.05) is 18.9 Å². The monoisotopic (exact) mass is 618 g/mol. The number of fused-ring (bicyclic) bond motifs is 2. The molecule has 13 heteroatoms. The molecular formula is C30H39FN4O7S. The van der Waals surface area contributed by atoms with E-state index in [0.29, 0.717) is 32.1 Å². The molecule has 4 amide bonds. The number of hydrogen-bond donors (Lipinski definition) is 3. The van der Waals surface area contributed by atoms with Crippen LogP contribution < -0.4 is 15.4 Å². The molecule has 4 rings (SSSR count). The van der Waals surface area contributed by atoms with Gasteiger partial charge in [0.2, 0.25) is 11.8 Å². The van der Waals surface area contributed by atoms with Crippen LogP contribution in [0.15, 0.2) is 47.0 Å². The van der Waals surface area contributed by atoms with E-state index in [4.69, 9.17) is 4.74 Å². The first-order valence-electron chi connectivity index (χ1n) is 14.6. The van der Waals surface area contributed by atoms with Gasteiger partial charge >= 0.3 is 6.09 Å². The van der Waals surface area contributed by atoms with Gasteiger partial charge in [-0.3, -0.25) is 14.4 Å². The summed E-state index contributed by atoms with van der Waals surface area (Å²) >= 11 is 0. The zero-order valence-electron chi connectivity index (χ0n) is 24.7. The minimum atomic E-state index is -4.44. The number of carbonyl (C=O) groups excluding carboxylic acids is 4. The smallest absolute Gasteiger partial charge is 0.408 e. The Morgan fingerprint density at radius 2 is 1.91 bits per heavy atom. The van der Waals surface area contributed by atoms with Crippen LogP contribution in [-0.2, 0) is 29.1 Å². The highest BCUT2D eigenvalue weighted by Crippen LogP contribution is 2.45. The van der Waals surface area contributed by atoms with Gasteiger partial charge in [0.05, 0.1) is 4.90 Å². The normalized spacial score (nSPS) is 26.6. The van der Waals surface area contributed by atoms with Crippen LogP contribution in [0.5, 0.6) is 0 Å². The van der Waals surface area contributed by atoms with Crippen LogP contribution in [0, 0.1) is 11.7 Å². The van der Waals surface area contributed by atoms with Crippen LogP contribution in [0.2, 0.25) is 0 Å². The number of nitrogens with one attached hydrogen (secondary N) is 3. The second kappa shape index (κ2) is 12.9. The second-order valence-corrected chi connectivity index (χ2v) is 13.9. The number of nitrogens with zero attached hydrogens (tertiary/aromatic N) is 1. The number of rotatable bonds is 4. The van der Waals surface area contributed by atoms with E-state index >= 15 is 0 Å². The highest BCUT2D eigenvalue weighted by molar-refractivity contribution is 7.90. The first-order valence-corrected chi connectivity index (χ1v) is 16.1. The van der Waals surface area contributed by atoms with Crippen LogP contribution in [0.1, 0.15) is 72.1 Å². The van der Waals surface area contributed by atoms with Crippen molar-refractivity contribution >= 4 is 33.8 Å². The lowest BCUT2D eigenvalue weighted by atomic mass is 10.0. The number of amides is 4. The van der Waals surface area contributed by atoms with E-state index in [1.807, 2.05) is 4.72 Å². The predicted molar refractivity (Wildman–Crippen MR) is 154 cm³/mol. The summed E-state index contributed by atoms with van der Waals surface area (Å²) in [6.07, 6.45) is 6.98. The third kappa shape index (κ3) is 8.03. The molecule has 1 aromatic rings. The summed E-state index contributed by atoms with van der Waals surface area (Å²) in [6, 6.07) is 2.41. The molecule has 0 bridgehead atoms. The van der Waals surface area contributed by atoms with Gasteiger partial charge in [0, 0.05) is 12.5 Å². The summed E-state index contributed by atoms with van der Waals surface area (Å²) in [6.45, 7) is 5.44. The minimum Gasteiger partial charge on any atom is -0.444 e. The Labute approximate surface area is 251 Å². The Kier molecular flexibility index (Phi) is 9.66. The zero-order chi connectivity index (χ0) is 31.4. The van der Waals surface area contributed by atoms with Crippen molar-refractivity contribution in [2.75, 3.05) is 6.54 Å². The third-order valence-corrected chi connectivity index (χ3v) is 9.01. The molecule has 0 spiro atoms. The van der Waals surface area contributed by atoms with Crippen LogP contribution in [-0.4, -0.2) is 66.9 Å². The van der Waals surface area contributed by atoms with E-state index in [-0.39, 0.29) is 13.0 Å². The highest BCUT2D eigenvalue weighted by Gasteiger charge is 2.61. The Hall–Kier alpha value is -3.70. The number of ether oxygens (including phenoxy) is 1. The summed E-state index contributed by atoms with van der Waals surface area (Å²) in [5.41, 5.74) is 0.686. The first kappa shape index (κ1) is 32.2. The van der Waals surface area contributed by atoms with Crippen molar-refractivity contribution in [2.24, 2.45) is 5.92 Å². The van der Waals surface area contributed by atoms with Crippen molar-refractivity contribution in [3.05, 3.63) is 48.0 Å². The lowest BCUT2D eigenvalue weighted by molar-refractivity contribution is -0.141. The van der Waals surface area contributed by atoms with Crippen LogP contribution >= 0.6 is 0 Å². The SMILES string of the molecule is CC(C)(C)OC(=O)N[C@H]1CCCCCC=C=C[C@@H]2C[C@@]2(C(=O)NS(=O)(=O)c2cccc(F)c2)NC(=O)[C@@H]2CCCN2C1=O. The average Bonchev–Trinajstić information content (AvgIpc) is 3.37. The van der Waals surface area contributed by atoms with Gasteiger partial charge in [0.15, 0.2) is 0 Å². The Morgan fingerprint density at radius 1 is 1.14 bits per heavy atom. The maximum Gasteiger partial charge on any atom is 0.408 e. The van der Waals surface area contributed by atoms with Crippen molar-refractivity contribution < 1.29 is 36.7 Å². The van der Waals surface area contributed by atoms with Crippen molar-refractivity contribution in [2.45, 2.75) is 100 Å². The van der Waals surface area contributed by atoms with E-state index in [0.717, 1.165) is 31.0 Å². The molecule has 0 unspecified atom stereocenters. The van der Waals surface area contributed by atoms with Crippen molar-refractivity contribution in [1.82, 2.24) is 20.3 Å². The average molecular weight is 619 g/mol. The quantitative estimate of drug-likeness (QED) is 0.439. The van der Waals surface area contributed by atoms with Gasteiger partial charge in [-0.05, 0) is 89.6 Å². The molecule has 1 saturated carbocycles. The molecule has 1 aromatic carbocycles. The highest BCUT2D eigenvalue weighted by atomic mass is 32.2. The summed E-state index contributed by atoms with van der Waals surface area (Å²) < 4.78 is 46.9. The van der Waals surface area contributed by atoms with Gasteiger partial charge in [0.25, 0.3) is 15.9 Å². The Morgan fingerprint density at radius 3 is 2.63 bits per heavy atom. The maximum atomic E-state index is 13.7. The molecule has 0 aromatic heterocycles. The largest absolute Gasteiger partial charge is 0.444 e. The molecule has 3 aliphatic rings. The molecule has 1 aliphatic carbocycles. The fourth-order valence-electron chi connectivity index (χ4n) is 5.41. The molecular weight excluding hydrogens is 579 g/mol. The third-order valence-electron chi connectivity index (χ3n) is 7.68. The summed E-state index contributed by atoms with van der Waals surface area (Å²) in [7, 11) is -4.44. The summed E-state index contributed by atoms with van der Waals surface area (Å²) in [5, 5.41) is 5.41.